The Morgan fingerprint density at radius 3 is 2.68 bits per heavy atom. The van der Waals surface area contributed by atoms with Crippen molar-refractivity contribution in [2.24, 2.45) is 11.8 Å². The lowest BCUT2D eigenvalue weighted by Gasteiger charge is -2.40. The van der Waals surface area contributed by atoms with Crippen molar-refractivity contribution in [2.45, 2.75) is 25.3 Å². The molecule has 1 N–H and O–H groups in total. The number of carboxylic acids is 1. The van der Waals surface area contributed by atoms with Crippen molar-refractivity contribution in [2.75, 3.05) is 20.1 Å². The number of halogens is 1. The van der Waals surface area contributed by atoms with Gasteiger partial charge in [0.15, 0.2) is 0 Å². The first kappa shape index (κ1) is 17.7. The van der Waals surface area contributed by atoms with Crippen LogP contribution in [0.4, 0.5) is 0 Å². The van der Waals surface area contributed by atoms with Crippen LogP contribution in [0.1, 0.15) is 30.9 Å². The Hall–Kier alpha value is -2.08. The van der Waals surface area contributed by atoms with Crippen LogP contribution in [0.5, 0.6) is 0 Å². The molecule has 2 saturated heterocycles. The molecule has 3 atom stereocenters. The lowest BCUT2D eigenvalue weighted by molar-refractivity contribution is -0.146. The SMILES string of the molecule is CN1C(=O)CC[C@H](C(=O)N2CC[C@H](C(=O)O)C2)[C@H]1c1cccc(Cl)c1. The molecule has 1 aromatic rings. The average Bonchev–Trinajstić information content (AvgIpc) is 3.07. The van der Waals surface area contributed by atoms with E-state index >= 15 is 0 Å². The Kier molecular flexibility index (Phi) is 4.99. The van der Waals surface area contributed by atoms with E-state index in [0.29, 0.717) is 30.8 Å². The zero-order valence-corrected chi connectivity index (χ0v) is 14.8. The molecule has 2 aliphatic rings. The molecule has 6 nitrogen and oxygen atoms in total. The standard InChI is InChI=1S/C18H21ClN2O4/c1-20-15(22)6-5-14(16(20)11-3-2-4-13(19)9-11)17(23)21-8-7-12(10-21)18(24)25/h2-4,9,12,14,16H,5-8,10H2,1H3,(H,24,25)/t12-,14-,16+/m0/s1. The number of carbonyl (C=O) groups excluding carboxylic acids is 2. The number of hydrogen-bond acceptors (Lipinski definition) is 3. The number of nitrogens with zero attached hydrogens (tertiary/aromatic N) is 2. The van der Waals surface area contributed by atoms with Gasteiger partial charge >= 0.3 is 5.97 Å². The topological polar surface area (TPSA) is 77.9 Å². The van der Waals surface area contributed by atoms with Crippen LogP contribution in [0.15, 0.2) is 24.3 Å². The lowest BCUT2D eigenvalue weighted by Crippen LogP contribution is -2.47. The van der Waals surface area contributed by atoms with E-state index in [1.54, 1.807) is 29.0 Å². The van der Waals surface area contributed by atoms with Gasteiger partial charge in [0, 0.05) is 31.6 Å². The van der Waals surface area contributed by atoms with Crippen LogP contribution in [-0.4, -0.2) is 52.8 Å². The molecule has 2 amide bonds. The number of piperidine rings is 1. The summed E-state index contributed by atoms with van der Waals surface area (Å²) in [7, 11) is 1.71. The zero-order valence-electron chi connectivity index (χ0n) is 14.0. The fraction of sp³-hybridized carbons (Fsp3) is 0.500. The van der Waals surface area contributed by atoms with Crippen molar-refractivity contribution >= 4 is 29.4 Å². The number of rotatable bonds is 3. The minimum atomic E-state index is -0.863. The number of carboxylic acid groups (broad SMARTS) is 1. The van der Waals surface area contributed by atoms with Crippen LogP contribution in [0.3, 0.4) is 0 Å². The molecule has 0 aromatic heterocycles. The molecule has 3 rings (SSSR count). The van der Waals surface area contributed by atoms with Crippen molar-refractivity contribution in [3.63, 3.8) is 0 Å². The van der Waals surface area contributed by atoms with Crippen molar-refractivity contribution in [3.05, 3.63) is 34.9 Å². The summed E-state index contributed by atoms with van der Waals surface area (Å²) in [6.07, 6.45) is 1.26. The molecule has 134 valence electrons. The zero-order chi connectivity index (χ0) is 18.1. The van der Waals surface area contributed by atoms with Crippen LogP contribution in [0.25, 0.3) is 0 Å². The van der Waals surface area contributed by atoms with Gasteiger partial charge in [0.1, 0.15) is 0 Å². The quantitative estimate of drug-likeness (QED) is 0.891. The number of carbonyl (C=O) groups is 3. The fourth-order valence-electron chi connectivity index (χ4n) is 3.84. The Morgan fingerprint density at radius 1 is 1.28 bits per heavy atom. The number of amides is 2. The van der Waals surface area contributed by atoms with Crippen molar-refractivity contribution in [1.29, 1.82) is 0 Å². The van der Waals surface area contributed by atoms with E-state index < -0.39 is 11.9 Å². The van der Waals surface area contributed by atoms with Crippen LogP contribution in [-0.2, 0) is 14.4 Å². The normalized spacial score (nSPS) is 26.8. The lowest BCUT2D eigenvalue weighted by atomic mass is 9.83. The van der Waals surface area contributed by atoms with Crippen LogP contribution < -0.4 is 0 Å². The molecule has 2 heterocycles. The van der Waals surface area contributed by atoms with Gasteiger partial charge in [-0.15, -0.1) is 0 Å². The Labute approximate surface area is 151 Å². The van der Waals surface area contributed by atoms with Crippen molar-refractivity contribution in [1.82, 2.24) is 9.80 Å². The van der Waals surface area contributed by atoms with E-state index in [-0.39, 0.29) is 30.3 Å². The maximum Gasteiger partial charge on any atom is 0.308 e. The molecule has 7 heteroatoms. The van der Waals surface area contributed by atoms with E-state index in [1.165, 1.54) is 0 Å². The highest BCUT2D eigenvalue weighted by atomic mass is 35.5. The minimum Gasteiger partial charge on any atom is -0.481 e. The summed E-state index contributed by atoms with van der Waals surface area (Å²) >= 11 is 6.09. The summed E-state index contributed by atoms with van der Waals surface area (Å²) in [5.74, 6) is -1.82. The van der Waals surface area contributed by atoms with Gasteiger partial charge in [0.05, 0.1) is 17.9 Å². The summed E-state index contributed by atoms with van der Waals surface area (Å²) in [6.45, 7) is 0.691. The maximum absolute atomic E-state index is 13.1. The number of hydrogen-bond donors (Lipinski definition) is 1. The van der Waals surface area contributed by atoms with Crippen LogP contribution in [0, 0.1) is 11.8 Å². The summed E-state index contributed by atoms with van der Waals surface area (Å²) in [4.78, 5) is 39.6. The molecule has 2 fully saturated rings. The van der Waals surface area contributed by atoms with Gasteiger partial charge in [-0.3, -0.25) is 14.4 Å². The molecular weight excluding hydrogens is 344 g/mol. The van der Waals surface area contributed by atoms with Gasteiger partial charge < -0.3 is 14.9 Å². The van der Waals surface area contributed by atoms with Crippen LogP contribution in [0.2, 0.25) is 5.02 Å². The van der Waals surface area contributed by atoms with E-state index in [2.05, 4.69) is 0 Å². The van der Waals surface area contributed by atoms with Crippen molar-refractivity contribution < 1.29 is 19.5 Å². The Balaban J connectivity index is 1.86. The second-order valence-corrected chi connectivity index (χ2v) is 7.19. The predicted octanol–water partition coefficient (Wildman–Crippen LogP) is 2.18. The number of aliphatic carboxylic acids is 1. The highest BCUT2D eigenvalue weighted by Gasteiger charge is 2.42. The highest BCUT2D eigenvalue weighted by molar-refractivity contribution is 6.30. The van der Waals surface area contributed by atoms with E-state index in [9.17, 15) is 14.4 Å². The predicted molar refractivity (Wildman–Crippen MR) is 92.0 cm³/mol. The van der Waals surface area contributed by atoms with Gasteiger partial charge in [0.2, 0.25) is 11.8 Å². The third-order valence-corrected chi connectivity index (χ3v) is 5.45. The summed E-state index contributed by atoms with van der Waals surface area (Å²) in [6, 6.07) is 6.84. The molecule has 1 aromatic carbocycles. The molecule has 0 unspecified atom stereocenters. The first-order valence-electron chi connectivity index (χ1n) is 8.41. The molecule has 25 heavy (non-hydrogen) atoms. The van der Waals surface area contributed by atoms with Gasteiger partial charge in [-0.1, -0.05) is 23.7 Å². The molecule has 0 aliphatic carbocycles. The second kappa shape index (κ2) is 7.04. The van der Waals surface area contributed by atoms with E-state index in [4.69, 9.17) is 16.7 Å². The molecule has 0 spiro atoms. The summed E-state index contributed by atoms with van der Waals surface area (Å²) < 4.78 is 0. The van der Waals surface area contributed by atoms with E-state index in [0.717, 1.165) is 5.56 Å². The smallest absolute Gasteiger partial charge is 0.308 e. The van der Waals surface area contributed by atoms with Gasteiger partial charge in [-0.05, 0) is 30.5 Å². The summed E-state index contributed by atoms with van der Waals surface area (Å²) in [5.41, 5.74) is 0.829. The third kappa shape index (κ3) is 3.49. The van der Waals surface area contributed by atoms with E-state index in [1.807, 2.05) is 12.1 Å². The molecule has 0 bridgehead atoms. The van der Waals surface area contributed by atoms with Crippen molar-refractivity contribution in [3.8, 4) is 0 Å². The molecule has 0 saturated carbocycles. The highest BCUT2D eigenvalue weighted by Crippen LogP contribution is 2.38. The Bertz CT molecular complexity index is 708. The first-order valence-corrected chi connectivity index (χ1v) is 8.79. The number of benzene rings is 1. The fourth-order valence-corrected chi connectivity index (χ4v) is 4.04. The third-order valence-electron chi connectivity index (χ3n) is 5.22. The van der Waals surface area contributed by atoms with Gasteiger partial charge in [-0.2, -0.15) is 0 Å². The number of likely N-dealkylation sites (tertiary alicyclic amines) is 2. The first-order chi connectivity index (χ1) is 11.9. The maximum atomic E-state index is 13.1. The molecule has 2 aliphatic heterocycles. The average molecular weight is 365 g/mol. The van der Waals surface area contributed by atoms with Crippen LogP contribution >= 0.6 is 11.6 Å². The van der Waals surface area contributed by atoms with Gasteiger partial charge in [0.25, 0.3) is 0 Å². The summed E-state index contributed by atoms with van der Waals surface area (Å²) in [5, 5.41) is 9.71. The monoisotopic (exact) mass is 364 g/mol. The van der Waals surface area contributed by atoms with Gasteiger partial charge in [-0.25, -0.2) is 0 Å². The molecule has 0 radical (unpaired) electrons. The minimum absolute atomic E-state index is 0.00106. The largest absolute Gasteiger partial charge is 0.481 e. The Morgan fingerprint density at radius 2 is 2.04 bits per heavy atom. The second-order valence-electron chi connectivity index (χ2n) is 6.76. The molecular formula is C18H21ClN2O4.